The smallest absolute Gasteiger partial charge is 0.254 e. The van der Waals surface area contributed by atoms with E-state index in [4.69, 9.17) is 14.2 Å². The number of hydrogen-bond donors (Lipinski definition) is 0. The van der Waals surface area contributed by atoms with Gasteiger partial charge in [-0.05, 0) is 36.8 Å². The number of imidazole rings is 1. The molecule has 0 spiro atoms. The molecule has 4 rings (SSSR count). The van der Waals surface area contributed by atoms with Crippen LogP contribution in [0.1, 0.15) is 27.2 Å². The second kappa shape index (κ2) is 13.9. The van der Waals surface area contributed by atoms with Crippen LogP contribution in [-0.4, -0.2) is 93.9 Å². The third kappa shape index (κ3) is 7.69. The van der Waals surface area contributed by atoms with Crippen molar-refractivity contribution in [3.8, 4) is 5.75 Å². The summed E-state index contributed by atoms with van der Waals surface area (Å²) in [6, 6.07) is 14.5. The molecule has 0 saturated carbocycles. The lowest BCUT2D eigenvalue weighted by atomic mass is 10.1. The lowest BCUT2D eigenvalue weighted by molar-refractivity contribution is 0.0319. The first-order chi connectivity index (χ1) is 19.3. The number of amides is 1. The largest absolute Gasteiger partial charge is 0.497 e. The molecule has 2 aromatic carbocycles. The zero-order valence-electron chi connectivity index (χ0n) is 23.4. The monoisotopic (exact) mass is 570 g/mol. The first-order valence-corrected chi connectivity index (χ1v) is 15.0. The summed E-state index contributed by atoms with van der Waals surface area (Å²) < 4.78 is 44.7. The Morgan fingerprint density at radius 2 is 1.82 bits per heavy atom. The topological polar surface area (TPSA) is 103 Å². The van der Waals surface area contributed by atoms with Gasteiger partial charge >= 0.3 is 0 Å². The van der Waals surface area contributed by atoms with Crippen LogP contribution in [-0.2, 0) is 38.2 Å². The zero-order chi connectivity index (χ0) is 28.5. The average molecular weight is 571 g/mol. The Morgan fingerprint density at radius 3 is 2.52 bits per heavy atom. The lowest BCUT2D eigenvalue weighted by Gasteiger charge is -2.30. The molecular weight excluding hydrogens is 532 g/mol. The molecule has 1 aliphatic heterocycles. The van der Waals surface area contributed by atoms with E-state index in [-0.39, 0.29) is 29.9 Å². The molecule has 216 valence electrons. The minimum absolute atomic E-state index is 0.0433. The van der Waals surface area contributed by atoms with Crippen molar-refractivity contribution >= 4 is 15.7 Å². The second-order valence-electron chi connectivity index (χ2n) is 9.83. The van der Waals surface area contributed by atoms with Crippen molar-refractivity contribution in [3.63, 3.8) is 0 Å². The maximum absolute atomic E-state index is 13.7. The van der Waals surface area contributed by atoms with Gasteiger partial charge < -0.3 is 23.7 Å². The molecule has 40 heavy (non-hydrogen) atoms. The van der Waals surface area contributed by atoms with Crippen LogP contribution in [0.2, 0.25) is 0 Å². The highest BCUT2D eigenvalue weighted by molar-refractivity contribution is 7.90. The highest BCUT2D eigenvalue weighted by Gasteiger charge is 2.26. The number of sulfone groups is 1. The van der Waals surface area contributed by atoms with Gasteiger partial charge in [0.15, 0.2) is 0 Å². The number of aromatic nitrogens is 2. The van der Waals surface area contributed by atoms with Crippen molar-refractivity contribution in [2.24, 2.45) is 0 Å². The van der Waals surface area contributed by atoms with Crippen molar-refractivity contribution < 1.29 is 27.4 Å². The molecule has 10 nitrogen and oxygen atoms in total. The van der Waals surface area contributed by atoms with Gasteiger partial charge in [-0.15, -0.1) is 0 Å². The van der Waals surface area contributed by atoms with Gasteiger partial charge in [0, 0.05) is 45.4 Å². The number of rotatable bonds is 13. The van der Waals surface area contributed by atoms with Crippen LogP contribution in [0.25, 0.3) is 0 Å². The van der Waals surface area contributed by atoms with Gasteiger partial charge in [0.05, 0.1) is 51.1 Å². The van der Waals surface area contributed by atoms with Gasteiger partial charge in [-0.25, -0.2) is 13.4 Å². The number of morpholine rings is 1. The fraction of sp³-hybridized carbons (Fsp3) is 0.448. The summed E-state index contributed by atoms with van der Waals surface area (Å²) in [6.07, 6.45) is 1.55. The number of benzene rings is 2. The number of carbonyl (C=O) groups is 1. The normalized spacial score (nSPS) is 14.3. The Bertz CT molecular complexity index is 1370. The average Bonchev–Trinajstić information content (AvgIpc) is 3.37. The van der Waals surface area contributed by atoms with E-state index in [2.05, 4.69) is 9.88 Å². The van der Waals surface area contributed by atoms with Crippen LogP contribution in [0.4, 0.5) is 0 Å². The first-order valence-electron chi connectivity index (χ1n) is 13.4. The summed E-state index contributed by atoms with van der Waals surface area (Å²) in [7, 11) is -0.698. The molecule has 1 fully saturated rings. The summed E-state index contributed by atoms with van der Waals surface area (Å²) in [6.45, 7) is 6.90. The number of carbonyl (C=O) groups excluding carboxylic acids is 1. The van der Waals surface area contributed by atoms with Gasteiger partial charge in [-0.2, -0.15) is 0 Å². The van der Waals surface area contributed by atoms with E-state index >= 15 is 0 Å². The molecule has 0 bridgehead atoms. The molecule has 0 unspecified atom stereocenters. The fourth-order valence-electron chi connectivity index (χ4n) is 4.65. The molecule has 0 atom stereocenters. The molecule has 1 aliphatic rings. The van der Waals surface area contributed by atoms with Gasteiger partial charge in [0.25, 0.3) is 5.91 Å². The summed E-state index contributed by atoms with van der Waals surface area (Å²) in [5.41, 5.74) is 2.88. The zero-order valence-corrected chi connectivity index (χ0v) is 24.2. The molecule has 0 N–H and O–H groups in total. The van der Waals surface area contributed by atoms with Crippen LogP contribution < -0.4 is 4.74 Å². The Kier molecular flexibility index (Phi) is 10.3. The van der Waals surface area contributed by atoms with Crippen molar-refractivity contribution in [3.05, 3.63) is 77.1 Å². The minimum Gasteiger partial charge on any atom is -0.497 e. The summed E-state index contributed by atoms with van der Waals surface area (Å²) in [5, 5.41) is -0.0433. The molecule has 0 aliphatic carbocycles. The van der Waals surface area contributed by atoms with Crippen LogP contribution in [0, 0.1) is 6.92 Å². The Morgan fingerprint density at radius 1 is 1.07 bits per heavy atom. The molecular formula is C29H38N4O6S. The first kappa shape index (κ1) is 29.7. The van der Waals surface area contributed by atoms with E-state index in [1.807, 2.05) is 31.2 Å². The third-order valence-corrected chi connectivity index (χ3v) is 8.51. The summed E-state index contributed by atoms with van der Waals surface area (Å²) in [5.74, 6) is 0.242. The molecule has 1 aromatic heterocycles. The molecule has 1 saturated heterocycles. The van der Waals surface area contributed by atoms with Crippen molar-refractivity contribution in [2.45, 2.75) is 30.9 Å². The standard InChI is InChI=1S/C29H38N4O6S/c1-23-7-9-25(10-8-23)28(34)32(12-11-31-13-17-39-18-14-31)21-26-20-30-29(33(26)15-16-37-2)40(35,36)22-24-5-4-6-27(19-24)38-3/h4-10,19-20H,11-18,21-22H2,1-3H3. The predicted molar refractivity (Wildman–Crippen MR) is 151 cm³/mol. The van der Waals surface area contributed by atoms with E-state index in [1.54, 1.807) is 54.1 Å². The van der Waals surface area contributed by atoms with E-state index < -0.39 is 9.84 Å². The highest BCUT2D eigenvalue weighted by Crippen LogP contribution is 2.22. The summed E-state index contributed by atoms with van der Waals surface area (Å²) >= 11 is 0. The third-order valence-electron chi connectivity index (χ3n) is 6.92. The van der Waals surface area contributed by atoms with Crippen LogP contribution in [0.5, 0.6) is 5.75 Å². The molecule has 2 heterocycles. The Balaban J connectivity index is 1.62. The number of nitrogens with zero attached hydrogens (tertiary/aromatic N) is 4. The SMILES string of the molecule is COCCn1c(CN(CCN2CCOCC2)C(=O)c2ccc(C)cc2)cnc1S(=O)(=O)Cc1cccc(OC)c1. The van der Waals surface area contributed by atoms with Crippen LogP contribution >= 0.6 is 0 Å². The van der Waals surface area contributed by atoms with Crippen molar-refractivity contribution in [2.75, 3.05) is 60.2 Å². The van der Waals surface area contributed by atoms with Gasteiger partial charge in [0.2, 0.25) is 15.0 Å². The number of ether oxygens (including phenoxy) is 3. The quantitative estimate of drug-likeness (QED) is 0.309. The second-order valence-corrected chi connectivity index (χ2v) is 11.7. The molecule has 11 heteroatoms. The predicted octanol–water partition coefficient (Wildman–Crippen LogP) is 2.80. The minimum atomic E-state index is -3.81. The van der Waals surface area contributed by atoms with E-state index in [9.17, 15) is 13.2 Å². The molecule has 1 amide bonds. The lowest BCUT2D eigenvalue weighted by Crippen LogP contribution is -2.43. The summed E-state index contributed by atoms with van der Waals surface area (Å²) in [4.78, 5) is 22.0. The van der Waals surface area contributed by atoms with E-state index in [0.29, 0.717) is 55.5 Å². The number of methoxy groups -OCH3 is 2. The highest BCUT2D eigenvalue weighted by atomic mass is 32.2. The number of aryl methyl sites for hydroxylation is 1. The molecule has 0 radical (unpaired) electrons. The number of hydrogen-bond acceptors (Lipinski definition) is 8. The van der Waals surface area contributed by atoms with Gasteiger partial charge in [-0.1, -0.05) is 29.8 Å². The maximum Gasteiger partial charge on any atom is 0.254 e. The van der Waals surface area contributed by atoms with E-state index in [1.165, 1.54) is 0 Å². The molecule has 3 aromatic rings. The maximum atomic E-state index is 13.7. The van der Waals surface area contributed by atoms with Crippen molar-refractivity contribution in [1.29, 1.82) is 0 Å². The van der Waals surface area contributed by atoms with Gasteiger partial charge in [0.1, 0.15) is 5.75 Å². The van der Waals surface area contributed by atoms with Crippen LogP contribution in [0.15, 0.2) is 59.9 Å². The Hall–Kier alpha value is -3.25. The van der Waals surface area contributed by atoms with Crippen LogP contribution in [0.3, 0.4) is 0 Å². The van der Waals surface area contributed by atoms with Crippen molar-refractivity contribution in [1.82, 2.24) is 19.4 Å². The van der Waals surface area contributed by atoms with E-state index in [0.717, 1.165) is 18.7 Å². The fourth-order valence-corrected chi connectivity index (χ4v) is 6.15. The van der Waals surface area contributed by atoms with Gasteiger partial charge in [-0.3, -0.25) is 9.69 Å². The Labute approximate surface area is 236 Å².